The van der Waals surface area contributed by atoms with Crippen molar-refractivity contribution < 1.29 is 9.59 Å². The number of rotatable bonds is 7. The van der Waals surface area contributed by atoms with E-state index in [0.29, 0.717) is 11.3 Å². The Balaban J connectivity index is 1.21. The molecule has 4 nitrogen and oxygen atoms in total. The molecule has 0 aromatic heterocycles. The molecule has 0 radical (unpaired) electrons. The molecule has 4 saturated carbocycles. The maximum atomic E-state index is 13.1. The molecule has 4 bridgehead atoms. The largest absolute Gasteiger partial charge is 0.350 e. The van der Waals surface area contributed by atoms with Gasteiger partial charge in [-0.3, -0.25) is 9.59 Å². The number of benzene rings is 2. The van der Waals surface area contributed by atoms with E-state index in [1.807, 2.05) is 43.3 Å². The predicted octanol–water partition coefficient (Wildman–Crippen LogP) is 5.66. The van der Waals surface area contributed by atoms with Gasteiger partial charge in [0, 0.05) is 10.4 Å². The zero-order valence-electron chi connectivity index (χ0n) is 19.6. The molecule has 1 unspecified atom stereocenters. The number of hydrogen-bond donors (Lipinski definition) is 2. The summed E-state index contributed by atoms with van der Waals surface area (Å²) in [6.45, 7) is 4.07. The fourth-order valence-corrected chi connectivity index (χ4v) is 7.79. The molecule has 0 heterocycles. The average molecular weight is 463 g/mol. The lowest BCUT2D eigenvalue weighted by Crippen LogP contribution is -2.60. The Bertz CT molecular complexity index is 1010. The van der Waals surface area contributed by atoms with Gasteiger partial charge in [-0.15, -0.1) is 11.8 Å². The van der Waals surface area contributed by atoms with E-state index < -0.39 is 0 Å². The highest BCUT2D eigenvalue weighted by atomic mass is 32.2. The maximum Gasteiger partial charge on any atom is 0.252 e. The van der Waals surface area contributed by atoms with E-state index in [1.54, 1.807) is 0 Å². The first kappa shape index (κ1) is 22.5. The zero-order valence-corrected chi connectivity index (χ0v) is 20.4. The lowest BCUT2D eigenvalue weighted by molar-refractivity contribution is -0.124. The summed E-state index contributed by atoms with van der Waals surface area (Å²) < 4.78 is 0. The van der Waals surface area contributed by atoms with Gasteiger partial charge < -0.3 is 10.6 Å². The van der Waals surface area contributed by atoms with Crippen molar-refractivity contribution in [2.24, 2.45) is 17.8 Å². The Morgan fingerprint density at radius 1 is 0.970 bits per heavy atom. The maximum absolute atomic E-state index is 13.1. The average Bonchev–Trinajstić information content (AvgIpc) is 2.77. The van der Waals surface area contributed by atoms with Crippen LogP contribution in [0.1, 0.15) is 73.0 Å². The Hall–Kier alpha value is -2.27. The van der Waals surface area contributed by atoms with Gasteiger partial charge in [0.2, 0.25) is 5.91 Å². The molecular weight excluding hydrogens is 428 g/mol. The normalized spacial score (nSPS) is 28.4. The van der Waals surface area contributed by atoms with Crippen molar-refractivity contribution in [2.75, 3.05) is 5.75 Å². The number of carbonyl (C=O) groups is 2. The van der Waals surface area contributed by atoms with Gasteiger partial charge in [0.15, 0.2) is 0 Å². The van der Waals surface area contributed by atoms with Crippen molar-refractivity contribution in [2.45, 2.75) is 68.8 Å². The third-order valence-corrected chi connectivity index (χ3v) is 9.01. The van der Waals surface area contributed by atoms with E-state index in [1.165, 1.54) is 31.0 Å². The molecule has 0 spiro atoms. The molecule has 0 aliphatic heterocycles. The standard InChI is InChI=1S/C28H34N2O2S/c1-18-7-3-4-8-23(18)19(2)29-27(32)24-9-5-6-10-25(24)33-17-26(31)30-28-14-20-11-21(15-28)13-22(12-20)16-28/h3-10,19-22H,11-17H2,1-2H3,(H,29,32)(H,30,31). The Kier molecular flexibility index (Phi) is 6.26. The Morgan fingerprint density at radius 3 is 2.24 bits per heavy atom. The van der Waals surface area contributed by atoms with Crippen LogP contribution >= 0.6 is 11.8 Å². The molecule has 4 fully saturated rings. The second-order valence-corrected chi connectivity index (χ2v) is 11.6. The Labute approximate surface area is 201 Å². The van der Waals surface area contributed by atoms with E-state index in [-0.39, 0.29) is 23.4 Å². The highest BCUT2D eigenvalue weighted by molar-refractivity contribution is 8.00. The molecule has 2 N–H and O–H groups in total. The van der Waals surface area contributed by atoms with Crippen LogP contribution in [0.3, 0.4) is 0 Å². The van der Waals surface area contributed by atoms with Crippen LogP contribution in [-0.2, 0) is 4.79 Å². The van der Waals surface area contributed by atoms with E-state index in [2.05, 4.69) is 29.7 Å². The fourth-order valence-electron chi connectivity index (χ4n) is 6.94. The first-order chi connectivity index (χ1) is 15.9. The zero-order chi connectivity index (χ0) is 23.0. The number of hydrogen-bond acceptors (Lipinski definition) is 3. The van der Waals surface area contributed by atoms with Gasteiger partial charge in [0.1, 0.15) is 0 Å². The van der Waals surface area contributed by atoms with Gasteiger partial charge in [-0.05, 0) is 93.4 Å². The minimum Gasteiger partial charge on any atom is -0.350 e. The summed E-state index contributed by atoms with van der Waals surface area (Å²) in [7, 11) is 0. The van der Waals surface area contributed by atoms with Crippen LogP contribution < -0.4 is 10.6 Å². The second-order valence-electron chi connectivity index (χ2n) is 10.6. The Morgan fingerprint density at radius 2 is 1.58 bits per heavy atom. The predicted molar refractivity (Wildman–Crippen MR) is 133 cm³/mol. The lowest BCUT2D eigenvalue weighted by Gasteiger charge is -2.56. The highest BCUT2D eigenvalue weighted by Gasteiger charge is 2.51. The summed E-state index contributed by atoms with van der Waals surface area (Å²) in [5.41, 5.74) is 2.94. The van der Waals surface area contributed by atoms with Crippen LogP contribution in [0.25, 0.3) is 0 Å². The third kappa shape index (κ3) is 4.84. The SMILES string of the molecule is Cc1ccccc1C(C)NC(=O)c1ccccc1SCC(=O)NC12CC3CC(CC(C3)C1)C2. The third-order valence-electron chi connectivity index (χ3n) is 7.94. The number of carbonyl (C=O) groups excluding carboxylic acids is 2. The highest BCUT2D eigenvalue weighted by Crippen LogP contribution is 2.55. The molecule has 2 aromatic carbocycles. The molecule has 1 atom stereocenters. The van der Waals surface area contributed by atoms with Crippen molar-refractivity contribution in [3.8, 4) is 0 Å². The van der Waals surface area contributed by atoms with Crippen LogP contribution in [-0.4, -0.2) is 23.1 Å². The van der Waals surface area contributed by atoms with Gasteiger partial charge in [-0.2, -0.15) is 0 Å². The second kappa shape index (κ2) is 9.17. The van der Waals surface area contributed by atoms with Gasteiger partial charge in [0.05, 0.1) is 17.4 Å². The molecule has 5 heteroatoms. The number of nitrogens with one attached hydrogen (secondary N) is 2. The van der Waals surface area contributed by atoms with Crippen molar-refractivity contribution in [1.82, 2.24) is 10.6 Å². The molecule has 4 aliphatic carbocycles. The summed E-state index contributed by atoms with van der Waals surface area (Å²) in [6, 6.07) is 15.6. The van der Waals surface area contributed by atoms with Crippen molar-refractivity contribution in [1.29, 1.82) is 0 Å². The van der Waals surface area contributed by atoms with Crippen LogP contribution in [0.2, 0.25) is 0 Å². The van der Waals surface area contributed by atoms with Crippen molar-refractivity contribution >= 4 is 23.6 Å². The van der Waals surface area contributed by atoms with Gasteiger partial charge >= 0.3 is 0 Å². The summed E-state index contributed by atoms with van der Waals surface area (Å²) >= 11 is 1.47. The minimum atomic E-state index is -0.102. The van der Waals surface area contributed by atoms with E-state index in [4.69, 9.17) is 0 Å². The van der Waals surface area contributed by atoms with E-state index in [0.717, 1.165) is 53.0 Å². The van der Waals surface area contributed by atoms with Crippen molar-refractivity contribution in [3.63, 3.8) is 0 Å². The van der Waals surface area contributed by atoms with Gasteiger partial charge in [0.25, 0.3) is 5.91 Å². The van der Waals surface area contributed by atoms with Gasteiger partial charge in [-0.25, -0.2) is 0 Å². The molecular formula is C28H34N2O2S. The summed E-state index contributed by atoms with van der Waals surface area (Å²) in [6.07, 6.45) is 7.58. The smallest absolute Gasteiger partial charge is 0.252 e. The summed E-state index contributed by atoms with van der Waals surface area (Å²) in [5.74, 6) is 2.77. The quantitative estimate of drug-likeness (QED) is 0.522. The number of aryl methyl sites for hydroxylation is 1. The molecule has 0 saturated heterocycles. The molecule has 4 aliphatic rings. The first-order valence-corrected chi connectivity index (χ1v) is 13.3. The molecule has 174 valence electrons. The van der Waals surface area contributed by atoms with Crippen LogP contribution in [0.5, 0.6) is 0 Å². The summed E-state index contributed by atoms with van der Waals surface area (Å²) in [5, 5.41) is 6.57. The molecule has 2 aromatic rings. The van der Waals surface area contributed by atoms with Gasteiger partial charge in [-0.1, -0.05) is 36.4 Å². The fraction of sp³-hybridized carbons (Fsp3) is 0.500. The molecule has 6 rings (SSSR count). The van der Waals surface area contributed by atoms with E-state index >= 15 is 0 Å². The number of amides is 2. The molecule has 2 amide bonds. The first-order valence-electron chi connectivity index (χ1n) is 12.3. The molecule has 33 heavy (non-hydrogen) atoms. The monoisotopic (exact) mass is 462 g/mol. The van der Waals surface area contributed by atoms with Crippen LogP contribution in [0, 0.1) is 24.7 Å². The summed E-state index contributed by atoms with van der Waals surface area (Å²) in [4.78, 5) is 26.9. The van der Waals surface area contributed by atoms with Crippen LogP contribution in [0.4, 0.5) is 0 Å². The van der Waals surface area contributed by atoms with Crippen molar-refractivity contribution in [3.05, 3.63) is 65.2 Å². The number of thioether (sulfide) groups is 1. The topological polar surface area (TPSA) is 58.2 Å². The van der Waals surface area contributed by atoms with Crippen LogP contribution in [0.15, 0.2) is 53.4 Å². The van der Waals surface area contributed by atoms with E-state index in [9.17, 15) is 9.59 Å². The lowest BCUT2D eigenvalue weighted by atomic mass is 9.53. The minimum absolute atomic E-state index is 0.0340.